The summed E-state index contributed by atoms with van der Waals surface area (Å²) in [5.74, 6) is 0.753. The Morgan fingerprint density at radius 3 is 2.24 bits per heavy atom. The molecule has 0 saturated heterocycles. The maximum absolute atomic E-state index is 11.6. The largest absolute Gasteiger partial charge is 0.496 e. The number of hydrogen-bond donors (Lipinski definition) is 2. The van der Waals surface area contributed by atoms with E-state index in [2.05, 4.69) is 12.4 Å². The second kappa shape index (κ2) is 8.44. The maximum atomic E-state index is 11.6. The van der Waals surface area contributed by atoms with E-state index in [0.29, 0.717) is 11.1 Å². The van der Waals surface area contributed by atoms with Gasteiger partial charge in [-0.05, 0) is 37.3 Å². The standard InChI is InChI=1S/C20H24N2O3/c1-14(23)17-9-10-19(25-4)18(11-17)13-22(3)12-15-5-7-16(8-6-15)20(24)21-2/h5-11H,12-13H2,1-4H3,(H,21,24)/p+1. The van der Waals surface area contributed by atoms with Crippen LogP contribution in [0.2, 0.25) is 0 Å². The molecule has 0 aliphatic carbocycles. The Hall–Kier alpha value is -2.66. The summed E-state index contributed by atoms with van der Waals surface area (Å²) in [5.41, 5.74) is 3.50. The van der Waals surface area contributed by atoms with Crippen LogP contribution in [0.5, 0.6) is 5.75 Å². The van der Waals surface area contributed by atoms with Gasteiger partial charge in [0.1, 0.15) is 18.8 Å². The molecule has 2 rings (SSSR count). The van der Waals surface area contributed by atoms with Crippen LogP contribution in [0, 0.1) is 0 Å². The number of nitrogens with one attached hydrogen (secondary N) is 2. The number of methoxy groups -OCH3 is 1. The van der Waals surface area contributed by atoms with Gasteiger partial charge in [0.25, 0.3) is 5.91 Å². The lowest BCUT2D eigenvalue weighted by Crippen LogP contribution is -3.06. The molecular formula is C20H25N2O3+. The van der Waals surface area contributed by atoms with Crippen LogP contribution in [0.4, 0.5) is 0 Å². The van der Waals surface area contributed by atoms with E-state index in [-0.39, 0.29) is 11.7 Å². The maximum Gasteiger partial charge on any atom is 0.251 e. The minimum Gasteiger partial charge on any atom is -0.496 e. The highest BCUT2D eigenvalue weighted by Gasteiger charge is 2.13. The van der Waals surface area contributed by atoms with Crippen molar-refractivity contribution in [3.8, 4) is 5.75 Å². The third-order valence-electron chi connectivity index (χ3n) is 4.13. The average molecular weight is 341 g/mol. The third-order valence-corrected chi connectivity index (χ3v) is 4.13. The summed E-state index contributed by atoms with van der Waals surface area (Å²) in [5, 5.41) is 2.62. The van der Waals surface area contributed by atoms with Gasteiger partial charge >= 0.3 is 0 Å². The number of carbonyl (C=O) groups is 2. The molecule has 5 heteroatoms. The summed E-state index contributed by atoms with van der Waals surface area (Å²) < 4.78 is 5.42. The second-order valence-corrected chi connectivity index (χ2v) is 6.17. The first kappa shape index (κ1) is 18.7. The van der Waals surface area contributed by atoms with Gasteiger partial charge in [0, 0.05) is 29.3 Å². The lowest BCUT2D eigenvalue weighted by molar-refractivity contribution is -0.907. The number of ketones is 1. The van der Waals surface area contributed by atoms with Crippen molar-refractivity contribution >= 4 is 11.7 Å². The molecule has 0 radical (unpaired) electrons. The second-order valence-electron chi connectivity index (χ2n) is 6.17. The summed E-state index contributed by atoms with van der Waals surface area (Å²) in [4.78, 5) is 24.4. The highest BCUT2D eigenvalue weighted by atomic mass is 16.5. The first-order chi connectivity index (χ1) is 11.9. The van der Waals surface area contributed by atoms with Gasteiger partial charge in [-0.3, -0.25) is 9.59 Å². The minimum absolute atomic E-state index is 0.0475. The monoisotopic (exact) mass is 341 g/mol. The predicted molar refractivity (Wildman–Crippen MR) is 97.1 cm³/mol. The van der Waals surface area contributed by atoms with Crippen LogP contribution in [0.15, 0.2) is 42.5 Å². The summed E-state index contributed by atoms with van der Waals surface area (Å²) >= 11 is 0. The molecule has 1 atom stereocenters. The quantitative estimate of drug-likeness (QED) is 0.750. The molecule has 1 unspecified atom stereocenters. The van der Waals surface area contributed by atoms with Crippen LogP contribution in [0.1, 0.15) is 38.8 Å². The van der Waals surface area contributed by atoms with E-state index in [1.54, 1.807) is 27.1 Å². The molecule has 2 aromatic carbocycles. The first-order valence-corrected chi connectivity index (χ1v) is 8.24. The van der Waals surface area contributed by atoms with Crippen LogP contribution >= 0.6 is 0 Å². The highest BCUT2D eigenvalue weighted by Crippen LogP contribution is 2.19. The Bertz CT molecular complexity index is 754. The molecule has 25 heavy (non-hydrogen) atoms. The smallest absolute Gasteiger partial charge is 0.251 e. The van der Waals surface area contributed by atoms with E-state index in [1.807, 2.05) is 36.4 Å². The van der Waals surface area contributed by atoms with Crippen molar-refractivity contribution in [2.24, 2.45) is 0 Å². The number of benzene rings is 2. The lowest BCUT2D eigenvalue weighted by Gasteiger charge is -2.17. The summed E-state index contributed by atoms with van der Waals surface area (Å²) in [6.07, 6.45) is 0. The molecule has 0 aromatic heterocycles. The van der Waals surface area contributed by atoms with E-state index in [9.17, 15) is 9.59 Å². The van der Waals surface area contributed by atoms with Gasteiger partial charge < -0.3 is 15.0 Å². The van der Waals surface area contributed by atoms with E-state index >= 15 is 0 Å². The number of carbonyl (C=O) groups excluding carboxylic acids is 2. The van der Waals surface area contributed by atoms with Crippen molar-refractivity contribution in [3.63, 3.8) is 0 Å². The average Bonchev–Trinajstić information content (AvgIpc) is 2.61. The fraction of sp³-hybridized carbons (Fsp3) is 0.300. The van der Waals surface area contributed by atoms with E-state index in [4.69, 9.17) is 4.74 Å². The predicted octanol–water partition coefficient (Wildman–Crippen LogP) is 1.47. The number of ether oxygens (including phenoxy) is 1. The molecule has 0 heterocycles. The Morgan fingerprint density at radius 1 is 1.04 bits per heavy atom. The number of rotatable bonds is 7. The van der Waals surface area contributed by atoms with Gasteiger partial charge in [-0.1, -0.05) is 12.1 Å². The lowest BCUT2D eigenvalue weighted by atomic mass is 10.1. The van der Waals surface area contributed by atoms with E-state index < -0.39 is 0 Å². The Kier molecular flexibility index (Phi) is 6.31. The van der Waals surface area contributed by atoms with Crippen LogP contribution in [-0.4, -0.2) is 32.9 Å². The molecule has 0 fully saturated rings. The summed E-state index contributed by atoms with van der Waals surface area (Å²) in [7, 11) is 5.35. The fourth-order valence-electron chi connectivity index (χ4n) is 2.79. The van der Waals surface area contributed by atoms with Crippen LogP contribution in [-0.2, 0) is 13.1 Å². The highest BCUT2D eigenvalue weighted by molar-refractivity contribution is 5.94. The van der Waals surface area contributed by atoms with Crippen molar-refractivity contribution in [1.29, 1.82) is 0 Å². The first-order valence-electron chi connectivity index (χ1n) is 8.24. The Labute approximate surface area is 148 Å². The van der Waals surface area contributed by atoms with Gasteiger partial charge in [0.15, 0.2) is 5.78 Å². The normalized spacial score (nSPS) is 11.7. The molecule has 2 aromatic rings. The minimum atomic E-state index is -0.0852. The Morgan fingerprint density at radius 2 is 1.68 bits per heavy atom. The molecule has 0 spiro atoms. The molecular weight excluding hydrogens is 316 g/mol. The van der Waals surface area contributed by atoms with Crippen LogP contribution in [0.25, 0.3) is 0 Å². The summed E-state index contributed by atoms with van der Waals surface area (Å²) in [6, 6.07) is 13.1. The zero-order valence-electron chi connectivity index (χ0n) is 15.2. The van der Waals surface area contributed by atoms with Gasteiger partial charge in [-0.2, -0.15) is 0 Å². The molecule has 0 aliphatic rings. The molecule has 1 amide bonds. The van der Waals surface area contributed by atoms with Crippen molar-refractivity contribution in [3.05, 3.63) is 64.7 Å². The summed E-state index contributed by atoms with van der Waals surface area (Å²) in [6.45, 7) is 3.11. The van der Waals surface area contributed by atoms with Gasteiger partial charge in [-0.15, -0.1) is 0 Å². The molecule has 2 N–H and O–H groups in total. The van der Waals surface area contributed by atoms with Crippen molar-refractivity contribution in [2.75, 3.05) is 21.2 Å². The van der Waals surface area contributed by atoms with E-state index in [1.165, 1.54) is 4.90 Å². The number of Topliss-reactive ketones (excluding diaryl/α,β-unsaturated/α-hetero) is 1. The van der Waals surface area contributed by atoms with Gasteiger partial charge in [-0.25, -0.2) is 0 Å². The zero-order chi connectivity index (χ0) is 18.4. The van der Waals surface area contributed by atoms with Gasteiger partial charge in [0.05, 0.1) is 14.2 Å². The molecule has 5 nitrogen and oxygen atoms in total. The van der Waals surface area contributed by atoms with Crippen LogP contribution in [0.3, 0.4) is 0 Å². The molecule has 0 saturated carbocycles. The molecule has 0 bridgehead atoms. The van der Waals surface area contributed by atoms with E-state index in [0.717, 1.165) is 30.0 Å². The topological polar surface area (TPSA) is 59.8 Å². The Balaban J connectivity index is 2.09. The zero-order valence-corrected chi connectivity index (χ0v) is 15.2. The molecule has 0 aliphatic heterocycles. The third kappa shape index (κ3) is 4.90. The molecule has 132 valence electrons. The van der Waals surface area contributed by atoms with Crippen molar-refractivity contribution < 1.29 is 19.2 Å². The van der Waals surface area contributed by atoms with Crippen molar-refractivity contribution in [1.82, 2.24) is 5.32 Å². The van der Waals surface area contributed by atoms with Crippen LogP contribution < -0.4 is 15.0 Å². The number of hydrogen-bond acceptors (Lipinski definition) is 3. The fourth-order valence-corrected chi connectivity index (χ4v) is 2.79. The van der Waals surface area contributed by atoms with Crippen molar-refractivity contribution in [2.45, 2.75) is 20.0 Å². The number of amides is 1. The number of quaternary nitrogens is 1. The SMILES string of the molecule is CNC(=O)c1ccc(C[NH+](C)Cc2cc(C(C)=O)ccc2OC)cc1. The van der Waals surface area contributed by atoms with Gasteiger partial charge in [0.2, 0.25) is 0 Å².